The topological polar surface area (TPSA) is 53.4 Å². The number of fused-ring (bicyclic) bond motifs is 2. The lowest BCUT2D eigenvalue weighted by Gasteiger charge is -2.36. The molecule has 1 aromatic carbocycles. The van der Waals surface area contributed by atoms with Crippen LogP contribution in [0.5, 0.6) is 0 Å². The number of amides is 1. The van der Waals surface area contributed by atoms with Crippen LogP contribution in [0.4, 0.5) is 13.2 Å². The molecule has 0 unspecified atom stereocenters. The van der Waals surface area contributed by atoms with Crippen molar-refractivity contribution in [2.75, 3.05) is 6.61 Å². The number of pyridine rings is 1. The fourth-order valence-electron chi connectivity index (χ4n) is 4.85. The molecule has 2 fully saturated rings. The molecule has 1 amide bonds. The summed E-state index contributed by atoms with van der Waals surface area (Å²) >= 11 is 0. The van der Waals surface area contributed by atoms with E-state index >= 15 is 0 Å². The molecule has 1 aromatic heterocycles. The van der Waals surface area contributed by atoms with Gasteiger partial charge in [-0.05, 0) is 43.4 Å². The third-order valence-electron chi connectivity index (χ3n) is 6.10. The largest absolute Gasteiger partial charge is 0.433 e. The minimum atomic E-state index is -4.53. The van der Waals surface area contributed by atoms with Gasteiger partial charge in [0.1, 0.15) is 5.69 Å². The molecule has 28 heavy (non-hydrogen) atoms. The molecule has 1 N–H and O–H groups in total. The first kappa shape index (κ1) is 18.9. The number of alkyl halides is 3. The normalized spacial score (nSPS) is 26.6. The molecule has 0 saturated carbocycles. The Balaban J connectivity index is 1.58. The molecular formula is C21H21F3N2O2. The van der Waals surface area contributed by atoms with E-state index in [1.165, 1.54) is 6.07 Å². The van der Waals surface area contributed by atoms with Gasteiger partial charge in [-0.25, -0.2) is 0 Å². The molecule has 148 valence electrons. The Hall–Kier alpha value is -2.41. The van der Waals surface area contributed by atoms with Gasteiger partial charge in [-0.15, -0.1) is 0 Å². The van der Waals surface area contributed by atoms with Crippen LogP contribution in [0, 0.1) is 5.41 Å². The van der Waals surface area contributed by atoms with Crippen LogP contribution in [-0.4, -0.2) is 39.6 Å². The van der Waals surface area contributed by atoms with Crippen molar-refractivity contribution in [1.82, 2.24) is 9.88 Å². The third kappa shape index (κ3) is 3.17. The van der Waals surface area contributed by atoms with Gasteiger partial charge in [0.15, 0.2) is 0 Å². The summed E-state index contributed by atoms with van der Waals surface area (Å²) in [6, 6.07) is 11.7. The molecule has 3 atom stereocenters. The van der Waals surface area contributed by atoms with Crippen molar-refractivity contribution in [1.29, 1.82) is 0 Å². The number of carbonyl (C=O) groups is 1. The summed E-state index contributed by atoms with van der Waals surface area (Å²) in [5.74, 6) is -0.308. The predicted octanol–water partition coefficient (Wildman–Crippen LogP) is 3.70. The van der Waals surface area contributed by atoms with E-state index in [2.05, 4.69) is 4.98 Å². The van der Waals surface area contributed by atoms with E-state index in [9.17, 15) is 23.1 Å². The van der Waals surface area contributed by atoms with Crippen molar-refractivity contribution in [3.63, 3.8) is 0 Å². The summed E-state index contributed by atoms with van der Waals surface area (Å²) in [4.78, 5) is 18.2. The molecule has 3 heterocycles. The molecule has 2 aliphatic rings. The molecule has 0 aliphatic carbocycles. The van der Waals surface area contributed by atoms with E-state index in [0.717, 1.165) is 30.7 Å². The molecule has 0 radical (unpaired) electrons. The molecule has 7 heteroatoms. The average Bonchev–Trinajstić information content (AvgIpc) is 3.24. The van der Waals surface area contributed by atoms with Gasteiger partial charge < -0.3 is 10.0 Å². The molecule has 2 saturated heterocycles. The fourth-order valence-corrected chi connectivity index (χ4v) is 4.85. The lowest BCUT2D eigenvalue weighted by Crippen LogP contribution is -2.44. The van der Waals surface area contributed by atoms with Gasteiger partial charge >= 0.3 is 6.18 Å². The van der Waals surface area contributed by atoms with E-state index in [-0.39, 0.29) is 30.2 Å². The summed E-state index contributed by atoms with van der Waals surface area (Å²) in [6.07, 6.45) is -0.529. The predicted molar refractivity (Wildman–Crippen MR) is 96.5 cm³/mol. The van der Waals surface area contributed by atoms with Gasteiger partial charge in [-0.2, -0.15) is 13.2 Å². The summed E-state index contributed by atoms with van der Waals surface area (Å²) in [7, 11) is 0. The zero-order valence-electron chi connectivity index (χ0n) is 15.2. The van der Waals surface area contributed by atoms with Crippen LogP contribution in [0.15, 0.2) is 48.7 Å². The average molecular weight is 390 g/mol. The molecular weight excluding hydrogens is 369 g/mol. The highest BCUT2D eigenvalue weighted by Crippen LogP contribution is 2.51. The fraction of sp³-hybridized carbons (Fsp3) is 0.429. The van der Waals surface area contributed by atoms with E-state index in [1.807, 2.05) is 30.3 Å². The summed E-state index contributed by atoms with van der Waals surface area (Å²) in [6.45, 7) is -0.0297. The number of aromatic nitrogens is 1. The number of carbonyl (C=O) groups excluding carboxylic acids is 1. The van der Waals surface area contributed by atoms with E-state index in [4.69, 9.17) is 0 Å². The zero-order chi connectivity index (χ0) is 19.9. The van der Waals surface area contributed by atoms with Gasteiger partial charge in [0.25, 0.3) is 5.91 Å². The van der Waals surface area contributed by atoms with Crippen molar-refractivity contribution in [2.45, 2.75) is 43.9 Å². The van der Waals surface area contributed by atoms with Crippen molar-refractivity contribution < 1.29 is 23.1 Å². The molecule has 4 nitrogen and oxygen atoms in total. The van der Waals surface area contributed by atoms with Crippen molar-refractivity contribution in [3.8, 4) is 0 Å². The molecule has 2 aromatic rings. The molecule has 2 bridgehead atoms. The van der Waals surface area contributed by atoms with Gasteiger partial charge in [0, 0.05) is 23.7 Å². The highest BCUT2D eigenvalue weighted by molar-refractivity contribution is 5.95. The van der Waals surface area contributed by atoms with Gasteiger partial charge in [-0.1, -0.05) is 30.3 Å². The van der Waals surface area contributed by atoms with Gasteiger partial charge in [0.05, 0.1) is 12.2 Å². The number of halogens is 3. The van der Waals surface area contributed by atoms with Crippen LogP contribution < -0.4 is 0 Å². The molecule has 2 aliphatic heterocycles. The maximum Gasteiger partial charge on any atom is 0.433 e. The van der Waals surface area contributed by atoms with Crippen LogP contribution in [0.3, 0.4) is 0 Å². The second-order valence-electron chi connectivity index (χ2n) is 7.78. The SMILES string of the molecule is O=C(c1ccc(C(F)(F)F)nc1)N1[C@H]2CC[C@@H]1[C@@](CO)(Cc1ccccc1)C2. The summed E-state index contributed by atoms with van der Waals surface area (Å²) < 4.78 is 38.2. The van der Waals surface area contributed by atoms with Crippen LogP contribution in [0.1, 0.15) is 40.9 Å². The lowest BCUT2D eigenvalue weighted by molar-refractivity contribution is -0.141. The highest BCUT2D eigenvalue weighted by atomic mass is 19.4. The van der Waals surface area contributed by atoms with Crippen LogP contribution in [0.25, 0.3) is 0 Å². The lowest BCUT2D eigenvalue weighted by atomic mass is 9.70. The van der Waals surface area contributed by atoms with E-state index in [0.29, 0.717) is 12.8 Å². The quantitative estimate of drug-likeness (QED) is 0.866. The summed E-state index contributed by atoms with van der Waals surface area (Å²) in [5, 5.41) is 10.2. The Morgan fingerprint density at radius 2 is 1.93 bits per heavy atom. The monoisotopic (exact) mass is 390 g/mol. The number of hydrogen-bond donors (Lipinski definition) is 1. The number of benzene rings is 1. The first-order valence-electron chi connectivity index (χ1n) is 9.35. The maximum absolute atomic E-state index is 13.0. The highest BCUT2D eigenvalue weighted by Gasteiger charge is 2.57. The second-order valence-corrected chi connectivity index (χ2v) is 7.78. The Morgan fingerprint density at radius 1 is 1.18 bits per heavy atom. The number of aliphatic hydroxyl groups is 1. The number of nitrogens with zero attached hydrogens (tertiary/aromatic N) is 2. The van der Waals surface area contributed by atoms with Crippen LogP contribution in [-0.2, 0) is 12.6 Å². The first-order chi connectivity index (χ1) is 13.3. The van der Waals surface area contributed by atoms with Crippen LogP contribution >= 0.6 is 0 Å². The zero-order valence-corrected chi connectivity index (χ0v) is 15.2. The smallest absolute Gasteiger partial charge is 0.396 e. The van der Waals surface area contributed by atoms with Crippen molar-refractivity contribution in [3.05, 3.63) is 65.5 Å². The minimum Gasteiger partial charge on any atom is -0.396 e. The molecule has 4 rings (SSSR count). The Labute approximate surface area is 161 Å². The third-order valence-corrected chi connectivity index (χ3v) is 6.10. The first-order valence-corrected chi connectivity index (χ1v) is 9.35. The number of aliphatic hydroxyl groups excluding tert-OH is 1. The minimum absolute atomic E-state index is 0.00402. The van der Waals surface area contributed by atoms with E-state index < -0.39 is 17.3 Å². The summed E-state index contributed by atoms with van der Waals surface area (Å²) in [5.41, 5.74) is -0.174. The standard InChI is InChI=1S/C21H21F3N2O2/c22-21(23,24)17-8-6-15(12-25-17)19(28)26-16-7-9-18(26)20(11-16,13-27)10-14-4-2-1-3-5-14/h1-6,8,12,16,18,27H,7,9-11,13H2/t16-,18+,20-/m0/s1. The van der Waals surface area contributed by atoms with E-state index in [1.54, 1.807) is 4.90 Å². The van der Waals surface area contributed by atoms with Crippen molar-refractivity contribution >= 4 is 5.91 Å². The molecule has 0 spiro atoms. The van der Waals surface area contributed by atoms with Gasteiger partial charge in [0.2, 0.25) is 0 Å². The number of hydrogen-bond acceptors (Lipinski definition) is 3. The maximum atomic E-state index is 13.0. The Morgan fingerprint density at radius 3 is 2.54 bits per heavy atom. The van der Waals surface area contributed by atoms with Crippen LogP contribution in [0.2, 0.25) is 0 Å². The Bertz CT molecular complexity index is 854. The Kier molecular flexibility index (Phi) is 4.65. The number of rotatable bonds is 4. The van der Waals surface area contributed by atoms with Gasteiger partial charge in [-0.3, -0.25) is 9.78 Å². The van der Waals surface area contributed by atoms with Crippen molar-refractivity contribution in [2.24, 2.45) is 5.41 Å². The second kappa shape index (κ2) is 6.88.